The van der Waals surface area contributed by atoms with Gasteiger partial charge in [0.2, 0.25) is 10.2 Å². The molecule has 0 bridgehead atoms. The van der Waals surface area contributed by atoms with Gasteiger partial charge in [0.15, 0.2) is 9.33 Å². The van der Waals surface area contributed by atoms with Crippen LogP contribution in [0.4, 0.5) is 0 Å². The SMILES string of the molecule is CCCCCCCCC(Cl)(NC(C)=O)C(Cl)(Cl)C(Cl)(Cl)C#CC#CCl. The highest BCUT2D eigenvalue weighted by atomic mass is 35.5. The minimum atomic E-state index is -2.00. The van der Waals surface area contributed by atoms with Crippen LogP contribution >= 0.6 is 69.6 Å². The zero-order chi connectivity index (χ0) is 19.6. The number of hydrogen-bond acceptors (Lipinski definition) is 1. The molecule has 0 fully saturated rings. The van der Waals surface area contributed by atoms with Gasteiger partial charge in [0.25, 0.3) is 0 Å². The van der Waals surface area contributed by atoms with Crippen molar-refractivity contribution in [3.05, 3.63) is 0 Å². The number of carbonyl (C=O) groups excluding carboxylic acids is 1. The summed E-state index contributed by atoms with van der Waals surface area (Å²) in [6.45, 7) is 3.45. The summed E-state index contributed by atoms with van der Waals surface area (Å²) in [7, 11) is 0. The molecule has 0 saturated carbocycles. The van der Waals surface area contributed by atoms with Crippen molar-refractivity contribution < 1.29 is 4.79 Å². The fourth-order valence-electron chi connectivity index (χ4n) is 2.19. The van der Waals surface area contributed by atoms with Crippen LogP contribution in [0.5, 0.6) is 0 Å². The van der Waals surface area contributed by atoms with Crippen molar-refractivity contribution in [2.75, 3.05) is 0 Å². The molecule has 0 heterocycles. The summed E-state index contributed by atoms with van der Waals surface area (Å²) >= 11 is 37.0. The predicted octanol–water partition coefficient (Wildman–Crippen LogP) is 6.36. The Balaban J connectivity index is 5.27. The first-order chi connectivity index (χ1) is 11.5. The van der Waals surface area contributed by atoms with Crippen LogP contribution in [0.15, 0.2) is 0 Å². The van der Waals surface area contributed by atoms with E-state index in [-0.39, 0.29) is 6.42 Å². The van der Waals surface area contributed by atoms with E-state index in [1.165, 1.54) is 13.3 Å². The van der Waals surface area contributed by atoms with Crippen molar-refractivity contribution in [3.63, 3.8) is 0 Å². The van der Waals surface area contributed by atoms with Crippen LogP contribution in [0.1, 0.15) is 58.8 Å². The standard InChI is InChI=1S/C17H21Cl6NO/c1-3-4-5-6-7-8-12-16(21,24-14(2)25)17(22,23)15(19,20)11-9-10-13-18/h3-8,12H2,1-2H3,(H,24,25). The molecular weight excluding hydrogens is 447 g/mol. The number of alkyl halides is 5. The van der Waals surface area contributed by atoms with Crippen LogP contribution in [0.2, 0.25) is 0 Å². The van der Waals surface area contributed by atoms with E-state index in [4.69, 9.17) is 69.6 Å². The summed E-state index contributed by atoms with van der Waals surface area (Å²) in [5, 5.41) is 4.62. The first-order valence-electron chi connectivity index (χ1n) is 7.90. The highest BCUT2D eigenvalue weighted by Crippen LogP contribution is 2.52. The molecule has 0 aromatic rings. The average Bonchev–Trinajstić information content (AvgIpc) is 2.50. The Hall–Kier alpha value is 0.330. The molecule has 0 aliphatic rings. The van der Waals surface area contributed by atoms with E-state index in [1.807, 2.05) is 0 Å². The third-order valence-corrected chi connectivity index (χ3v) is 6.68. The third kappa shape index (κ3) is 8.26. The topological polar surface area (TPSA) is 29.1 Å². The van der Waals surface area contributed by atoms with Gasteiger partial charge in [0, 0.05) is 18.2 Å². The van der Waals surface area contributed by atoms with Gasteiger partial charge >= 0.3 is 0 Å². The highest BCUT2D eigenvalue weighted by molar-refractivity contribution is 6.66. The molecule has 1 N–H and O–H groups in total. The molecule has 1 unspecified atom stereocenters. The lowest BCUT2D eigenvalue weighted by Gasteiger charge is -2.42. The summed E-state index contributed by atoms with van der Waals surface area (Å²) in [4.78, 5) is 9.99. The molecule has 0 aliphatic carbocycles. The van der Waals surface area contributed by atoms with Crippen molar-refractivity contribution in [2.24, 2.45) is 0 Å². The number of unbranched alkanes of at least 4 members (excludes halogenated alkanes) is 5. The zero-order valence-corrected chi connectivity index (χ0v) is 18.7. The van der Waals surface area contributed by atoms with E-state index in [0.29, 0.717) is 6.42 Å². The molecule has 142 valence electrons. The Kier molecular flexibility index (Phi) is 12.1. The van der Waals surface area contributed by atoms with Crippen molar-refractivity contribution in [2.45, 2.75) is 72.5 Å². The first kappa shape index (κ1) is 25.3. The van der Waals surface area contributed by atoms with Crippen LogP contribution in [0.3, 0.4) is 0 Å². The van der Waals surface area contributed by atoms with Crippen molar-refractivity contribution in [1.82, 2.24) is 5.32 Å². The summed E-state index contributed by atoms with van der Waals surface area (Å²) in [5.74, 6) is 6.64. The summed E-state index contributed by atoms with van der Waals surface area (Å²) < 4.78 is -3.98. The molecule has 8 heteroatoms. The Morgan fingerprint density at radius 1 is 0.960 bits per heavy atom. The van der Waals surface area contributed by atoms with Gasteiger partial charge in [-0.2, -0.15) is 0 Å². The van der Waals surface area contributed by atoms with Gasteiger partial charge in [-0.3, -0.25) is 4.79 Å². The molecule has 0 aromatic heterocycles. The number of amides is 1. The lowest BCUT2D eigenvalue weighted by molar-refractivity contribution is -0.120. The van der Waals surface area contributed by atoms with Crippen LogP contribution in [-0.4, -0.2) is 19.6 Å². The first-order valence-corrected chi connectivity index (χ1v) is 10.2. The number of carbonyl (C=O) groups is 1. The number of hydrogen-bond donors (Lipinski definition) is 1. The van der Waals surface area contributed by atoms with E-state index in [0.717, 1.165) is 25.7 Å². The van der Waals surface area contributed by atoms with Gasteiger partial charge in [-0.05, 0) is 36.3 Å². The average molecular weight is 468 g/mol. The molecule has 0 aliphatic heterocycles. The van der Waals surface area contributed by atoms with Crippen LogP contribution in [-0.2, 0) is 4.79 Å². The molecule has 0 aromatic carbocycles. The van der Waals surface area contributed by atoms with Gasteiger partial charge < -0.3 is 5.32 Å². The van der Waals surface area contributed by atoms with E-state index >= 15 is 0 Å². The van der Waals surface area contributed by atoms with Crippen molar-refractivity contribution >= 4 is 75.5 Å². The largest absolute Gasteiger partial charge is 0.335 e. The number of nitrogens with one attached hydrogen (secondary N) is 1. The maximum atomic E-state index is 11.6. The predicted molar refractivity (Wildman–Crippen MR) is 111 cm³/mol. The molecule has 0 spiro atoms. The number of halogens is 6. The van der Waals surface area contributed by atoms with E-state index < -0.39 is 19.6 Å². The molecule has 1 atom stereocenters. The summed E-state index contributed by atoms with van der Waals surface area (Å²) in [5.41, 5.74) is 0. The highest BCUT2D eigenvalue weighted by Gasteiger charge is 2.60. The Bertz CT molecular complexity index is 555. The third-order valence-electron chi connectivity index (χ3n) is 3.47. The molecular formula is C17H21Cl6NO. The Morgan fingerprint density at radius 3 is 2.04 bits per heavy atom. The molecule has 25 heavy (non-hydrogen) atoms. The molecule has 0 rings (SSSR count). The smallest absolute Gasteiger partial charge is 0.218 e. The second kappa shape index (κ2) is 11.9. The molecule has 1 amide bonds. The summed E-state index contributed by atoms with van der Waals surface area (Å²) in [6, 6.07) is 0. The maximum absolute atomic E-state index is 11.6. The van der Waals surface area contributed by atoms with Gasteiger partial charge in [0.1, 0.15) is 0 Å². The van der Waals surface area contributed by atoms with Gasteiger partial charge in [-0.25, -0.2) is 0 Å². The van der Waals surface area contributed by atoms with E-state index in [9.17, 15) is 4.79 Å². The fourth-order valence-corrected chi connectivity index (χ4v) is 3.53. The van der Waals surface area contributed by atoms with Crippen molar-refractivity contribution in [3.8, 4) is 23.1 Å². The second-order valence-electron chi connectivity index (χ2n) is 5.62. The fraction of sp³-hybridized carbons (Fsp3) is 0.706. The van der Waals surface area contributed by atoms with Crippen LogP contribution in [0.25, 0.3) is 0 Å². The maximum Gasteiger partial charge on any atom is 0.218 e. The zero-order valence-electron chi connectivity index (χ0n) is 14.1. The van der Waals surface area contributed by atoms with Crippen LogP contribution < -0.4 is 5.32 Å². The molecule has 0 radical (unpaired) electrons. The van der Waals surface area contributed by atoms with Gasteiger partial charge in [0.05, 0.1) is 0 Å². The Labute approximate surface area is 180 Å². The minimum Gasteiger partial charge on any atom is -0.335 e. The van der Waals surface area contributed by atoms with Gasteiger partial charge in [-0.1, -0.05) is 97.0 Å². The van der Waals surface area contributed by atoms with Gasteiger partial charge in [-0.15, -0.1) is 0 Å². The normalized spacial score (nSPS) is 13.8. The van der Waals surface area contributed by atoms with E-state index in [1.54, 1.807) is 0 Å². The lowest BCUT2D eigenvalue weighted by Crippen LogP contribution is -2.61. The number of rotatable bonds is 10. The monoisotopic (exact) mass is 465 g/mol. The van der Waals surface area contributed by atoms with E-state index in [2.05, 4.69) is 35.4 Å². The Morgan fingerprint density at radius 2 is 1.52 bits per heavy atom. The summed E-state index contributed by atoms with van der Waals surface area (Å²) in [6.07, 6.45) is 6.40. The van der Waals surface area contributed by atoms with Crippen LogP contribution in [0, 0.1) is 23.1 Å². The molecule has 2 nitrogen and oxygen atoms in total. The van der Waals surface area contributed by atoms with Crippen molar-refractivity contribution in [1.29, 1.82) is 0 Å². The minimum absolute atomic E-state index is 0.275. The molecule has 0 saturated heterocycles. The lowest BCUT2D eigenvalue weighted by atomic mass is 10.00. The second-order valence-corrected chi connectivity index (χ2v) is 9.11. The quantitative estimate of drug-likeness (QED) is 0.172.